The van der Waals surface area contributed by atoms with Gasteiger partial charge in [-0.3, -0.25) is 9.59 Å². The number of hydrogen-bond acceptors (Lipinski definition) is 6. The molecule has 1 aliphatic heterocycles. The number of nitrogens with zero attached hydrogens (tertiary/aromatic N) is 2. The second kappa shape index (κ2) is 8.04. The van der Waals surface area contributed by atoms with Gasteiger partial charge in [-0.25, -0.2) is 4.98 Å². The molecule has 1 aliphatic rings. The number of aromatic nitrogens is 1. The maximum Gasteiger partial charge on any atom is 0.264 e. The van der Waals surface area contributed by atoms with Gasteiger partial charge >= 0.3 is 0 Å². The van der Waals surface area contributed by atoms with Gasteiger partial charge in [0.2, 0.25) is 5.91 Å². The standard InChI is InChI=1S/C22H19N3O3S2/c26-20(16-6-3-11-25(16)22(27)19-8-4-12-29-19)23-13-14-9-10-17(28-14)21-24-15-5-1-2-7-18(15)30-21/h1-2,4-5,7-10,12,16H,3,6,11,13H2,(H,23,26)/t16-/m0/s1. The normalized spacial score (nSPS) is 16.3. The summed E-state index contributed by atoms with van der Waals surface area (Å²) in [6.45, 7) is 0.887. The summed E-state index contributed by atoms with van der Waals surface area (Å²) in [7, 11) is 0. The number of carbonyl (C=O) groups excluding carboxylic acids is 2. The molecule has 4 aromatic rings. The van der Waals surface area contributed by atoms with Crippen molar-refractivity contribution in [2.24, 2.45) is 0 Å². The molecular formula is C22H19N3O3S2. The Morgan fingerprint density at radius 3 is 2.90 bits per heavy atom. The highest BCUT2D eigenvalue weighted by atomic mass is 32.1. The van der Waals surface area contributed by atoms with E-state index >= 15 is 0 Å². The molecule has 0 saturated carbocycles. The van der Waals surface area contributed by atoms with Crippen LogP contribution in [0.1, 0.15) is 28.3 Å². The first-order valence-electron chi connectivity index (χ1n) is 9.76. The molecule has 0 radical (unpaired) electrons. The molecule has 1 atom stereocenters. The molecule has 8 heteroatoms. The van der Waals surface area contributed by atoms with Crippen LogP contribution < -0.4 is 5.32 Å². The Bertz CT molecular complexity index is 1160. The molecule has 152 valence electrons. The van der Waals surface area contributed by atoms with Crippen molar-refractivity contribution >= 4 is 44.7 Å². The Morgan fingerprint density at radius 1 is 1.17 bits per heavy atom. The van der Waals surface area contributed by atoms with Crippen LogP contribution in [0.4, 0.5) is 0 Å². The summed E-state index contributed by atoms with van der Waals surface area (Å²) < 4.78 is 7.01. The van der Waals surface area contributed by atoms with Crippen molar-refractivity contribution in [1.82, 2.24) is 15.2 Å². The van der Waals surface area contributed by atoms with E-state index in [1.54, 1.807) is 22.3 Å². The predicted octanol–water partition coefficient (Wildman–Crippen LogP) is 4.54. The zero-order valence-electron chi connectivity index (χ0n) is 16.0. The monoisotopic (exact) mass is 437 g/mol. The fourth-order valence-electron chi connectivity index (χ4n) is 3.68. The third-order valence-electron chi connectivity index (χ3n) is 5.15. The highest BCUT2D eigenvalue weighted by Gasteiger charge is 2.34. The van der Waals surface area contributed by atoms with E-state index in [1.807, 2.05) is 47.8 Å². The van der Waals surface area contributed by atoms with E-state index in [2.05, 4.69) is 10.3 Å². The van der Waals surface area contributed by atoms with Gasteiger partial charge in [-0.15, -0.1) is 22.7 Å². The molecule has 2 amide bonds. The summed E-state index contributed by atoms with van der Waals surface area (Å²) in [4.78, 5) is 32.4. The topological polar surface area (TPSA) is 75.4 Å². The van der Waals surface area contributed by atoms with Gasteiger partial charge in [-0.05, 0) is 48.6 Å². The van der Waals surface area contributed by atoms with E-state index in [0.29, 0.717) is 29.4 Å². The molecule has 1 aromatic carbocycles. The number of likely N-dealkylation sites (tertiary alicyclic amines) is 1. The van der Waals surface area contributed by atoms with Gasteiger partial charge in [0.25, 0.3) is 5.91 Å². The van der Waals surface area contributed by atoms with Crippen molar-refractivity contribution < 1.29 is 14.0 Å². The smallest absolute Gasteiger partial charge is 0.264 e. The first-order valence-corrected chi connectivity index (χ1v) is 11.5. The number of nitrogens with one attached hydrogen (secondary N) is 1. The summed E-state index contributed by atoms with van der Waals surface area (Å²) >= 11 is 2.98. The van der Waals surface area contributed by atoms with Gasteiger partial charge in [0.05, 0.1) is 21.6 Å². The van der Waals surface area contributed by atoms with Gasteiger partial charge in [0.15, 0.2) is 10.8 Å². The van der Waals surface area contributed by atoms with E-state index < -0.39 is 6.04 Å². The van der Waals surface area contributed by atoms with Crippen molar-refractivity contribution in [2.75, 3.05) is 6.54 Å². The number of amides is 2. The van der Waals surface area contributed by atoms with Crippen LogP contribution in [0.15, 0.2) is 58.3 Å². The highest BCUT2D eigenvalue weighted by Crippen LogP contribution is 2.31. The highest BCUT2D eigenvalue weighted by molar-refractivity contribution is 7.21. The fourth-order valence-corrected chi connectivity index (χ4v) is 5.29. The number of fused-ring (bicyclic) bond motifs is 1. The van der Waals surface area contributed by atoms with Crippen molar-refractivity contribution in [3.63, 3.8) is 0 Å². The minimum absolute atomic E-state index is 0.0706. The molecule has 1 N–H and O–H groups in total. The van der Waals surface area contributed by atoms with Crippen molar-refractivity contribution in [2.45, 2.75) is 25.4 Å². The lowest BCUT2D eigenvalue weighted by Crippen LogP contribution is -2.45. The SMILES string of the molecule is O=C(NCc1ccc(-c2nc3ccccc3s2)o1)[C@@H]1CCCN1C(=O)c1cccs1. The fraction of sp³-hybridized carbons (Fsp3) is 0.227. The molecule has 1 saturated heterocycles. The summed E-state index contributed by atoms with van der Waals surface area (Å²) in [5, 5.41) is 5.61. The second-order valence-electron chi connectivity index (χ2n) is 7.10. The molecule has 6 nitrogen and oxygen atoms in total. The molecule has 5 rings (SSSR count). The molecule has 1 fully saturated rings. The first-order chi connectivity index (χ1) is 14.7. The molecule has 0 unspecified atom stereocenters. The summed E-state index contributed by atoms with van der Waals surface area (Å²) in [6, 6.07) is 14.9. The average Bonchev–Trinajstić information content (AvgIpc) is 3.56. The Labute approximate surface area is 181 Å². The zero-order chi connectivity index (χ0) is 20.5. The molecule has 0 aliphatic carbocycles. The van der Waals surface area contributed by atoms with Crippen LogP contribution in [0.5, 0.6) is 0 Å². The first kappa shape index (κ1) is 19.0. The maximum atomic E-state index is 12.7. The number of benzene rings is 1. The summed E-state index contributed by atoms with van der Waals surface area (Å²) in [5.41, 5.74) is 0.945. The third kappa shape index (κ3) is 3.64. The lowest BCUT2D eigenvalue weighted by molar-refractivity contribution is -0.125. The van der Waals surface area contributed by atoms with Gasteiger partial charge in [0, 0.05) is 6.54 Å². The van der Waals surface area contributed by atoms with Crippen LogP contribution in [0.2, 0.25) is 0 Å². The van der Waals surface area contributed by atoms with E-state index in [4.69, 9.17) is 4.42 Å². The Kier molecular flexibility index (Phi) is 5.10. The van der Waals surface area contributed by atoms with E-state index in [1.165, 1.54) is 11.3 Å². The maximum absolute atomic E-state index is 12.7. The van der Waals surface area contributed by atoms with Crippen LogP contribution in [-0.2, 0) is 11.3 Å². The van der Waals surface area contributed by atoms with Crippen LogP contribution in [0, 0.1) is 0 Å². The number of para-hydroxylation sites is 1. The number of rotatable bonds is 5. The van der Waals surface area contributed by atoms with Crippen LogP contribution in [-0.4, -0.2) is 34.3 Å². The lowest BCUT2D eigenvalue weighted by atomic mass is 10.2. The minimum Gasteiger partial charge on any atom is -0.457 e. The Balaban J connectivity index is 1.24. The molecule has 3 aromatic heterocycles. The molecule has 30 heavy (non-hydrogen) atoms. The zero-order valence-corrected chi connectivity index (χ0v) is 17.7. The van der Waals surface area contributed by atoms with E-state index in [-0.39, 0.29) is 18.4 Å². The van der Waals surface area contributed by atoms with Crippen molar-refractivity contribution in [3.8, 4) is 10.8 Å². The lowest BCUT2D eigenvalue weighted by Gasteiger charge is -2.23. The van der Waals surface area contributed by atoms with Crippen molar-refractivity contribution in [3.05, 3.63) is 64.5 Å². The Hall–Kier alpha value is -2.97. The number of thiazole rings is 1. The van der Waals surface area contributed by atoms with Gasteiger partial charge in [-0.2, -0.15) is 0 Å². The third-order valence-corrected chi connectivity index (χ3v) is 7.06. The summed E-state index contributed by atoms with van der Waals surface area (Å²) in [5.74, 6) is 1.14. The number of hydrogen-bond donors (Lipinski definition) is 1. The minimum atomic E-state index is -0.432. The van der Waals surface area contributed by atoms with E-state index in [0.717, 1.165) is 21.6 Å². The van der Waals surface area contributed by atoms with Gasteiger partial charge < -0.3 is 14.6 Å². The van der Waals surface area contributed by atoms with Crippen LogP contribution >= 0.6 is 22.7 Å². The number of furan rings is 1. The van der Waals surface area contributed by atoms with Crippen molar-refractivity contribution in [1.29, 1.82) is 0 Å². The summed E-state index contributed by atoms with van der Waals surface area (Å²) in [6.07, 6.45) is 1.51. The number of carbonyl (C=O) groups is 2. The molecular weight excluding hydrogens is 418 g/mol. The number of thiophene rings is 1. The molecule has 0 bridgehead atoms. The van der Waals surface area contributed by atoms with Crippen LogP contribution in [0.3, 0.4) is 0 Å². The predicted molar refractivity (Wildman–Crippen MR) is 118 cm³/mol. The van der Waals surface area contributed by atoms with Gasteiger partial charge in [-0.1, -0.05) is 18.2 Å². The second-order valence-corrected chi connectivity index (χ2v) is 9.08. The van der Waals surface area contributed by atoms with E-state index in [9.17, 15) is 9.59 Å². The molecule has 4 heterocycles. The average molecular weight is 438 g/mol. The quantitative estimate of drug-likeness (QED) is 0.497. The largest absolute Gasteiger partial charge is 0.457 e. The van der Waals surface area contributed by atoms with Crippen LogP contribution in [0.25, 0.3) is 21.0 Å². The molecule has 0 spiro atoms. The van der Waals surface area contributed by atoms with Gasteiger partial charge in [0.1, 0.15) is 11.8 Å². The Morgan fingerprint density at radius 2 is 2.07 bits per heavy atom.